The molecule has 0 aliphatic heterocycles. The fourth-order valence-electron chi connectivity index (χ4n) is 2.79. The molecule has 0 saturated heterocycles. The second-order valence-electron chi connectivity index (χ2n) is 6.27. The van der Waals surface area contributed by atoms with Gasteiger partial charge in [-0.2, -0.15) is 5.10 Å². The van der Waals surface area contributed by atoms with Gasteiger partial charge in [0.05, 0.1) is 11.4 Å². The zero-order valence-electron chi connectivity index (χ0n) is 15.5. The molecule has 1 aromatic carbocycles. The minimum absolute atomic E-state index is 0.302. The third-order valence-corrected chi connectivity index (χ3v) is 4.99. The van der Waals surface area contributed by atoms with Crippen LogP contribution in [-0.2, 0) is 13.6 Å². The Balaban J connectivity index is 1.36. The molecule has 146 valence electrons. The standard InChI is InChI=1S/C20H17FN6OS/c1-27-18(6-7-24-27)15-8-13(9-22-11-15)10-23-19(28)26-20-25-17(12-29-20)14-2-4-16(21)5-3-14/h2-9,11-12H,10H2,1H3,(H2,23,25,26,28). The van der Waals surface area contributed by atoms with Gasteiger partial charge < -0.3 is 5.32 Å². The van der Waals surface area contributed by atoms with Crippen molar-refractivity contribution in [2.24, 2.45) is 7.05 Å². The number of carbonyl (C=O) groups excluding carboxylic acids is 1. The number of aryl methyl sites for hydroxylation is 1. The molecule has 2 N–H and O–H groups in total. The Morgan fingerprint density at radius 1 is 1.17 bits per heavy atom. The number of thiazole rings is 1. The van der Waals surface area contributed by atoms with E-state index >= 15 is 0 Å². The second kappa shape index (κ2) is 8.19. The van der Waals surface area contributed by atoms with Crippen LogP contribution in [0.3, 0.4) is 0 Å². The highest BCUT2D eigenvalue weighted by molar-refractivity contribution is 7.14. The third-order valence-electron chi connectivity index (χ3n) is 4.23. The molecule has 3 heterocycles. The molecule has 0 atom stereocenters. The Hall–Kier alpha value is -3.59. The largest absolute Gasteiger partial charge is 0.334 e. The molecule has 7 nitrogen and oxygen atoms in total. The number of halogens is 1. The van der Waals surface area contributed by atoms with Crippen molar-refractivity contribution < 1.29 is 9.18 Å². The van der Waals surface area contributed by atoms with Crippen molar-refractivity contribution in [1.29, 1.82) is 0 Å². The first kappa shape index (κ1) is 18.8. The Morgan fingerprint density at radius 3 is 2.76 bits per heavy atom. The van der Waals surface area contributed by atoms with Gasteiger partial charge in [-0.05, 0) is 42.0 Å². The normalized spacial score (nSPS) is 10.7. The van der Waals surface area contributed by atoms with Crippen molar-refractivity contribution in [3.8, 4) is 22.5 Å². The van der Waals surface area contributed by atoms with Crippen LogP contribution in [0, 0.1) is 5.82 Å². The highest BCUT2D eigenvalue weighted by atomic mass is 32.1. The summed E-state index contributed by atoms with van der Waals surface area (Å²) in [6, 6.07) is 9.55. The summed E-state index contributed by atoms with van der Waals surface area (Å²) in [5.74, 6) is -0.302. The Bertz CT molecular complexity index is 1140. The maximum absolute atomic E-state index is 13.0. The number of amides is 2. The Kier molecular flexibility index (Phi) is 5.30. The predicted octanol–water partition coefficient (Wildman–Crippen LogP) is 4.07. The molecule has 4 aromatic rings. The van der Waals surface area contributed by atoms with Crippen molar-refractivity contribution in [2.45, 2.75) is 6.54 Å². The average molecular weight is 408 g/mol. The van der Waals surface area contributed by atoms with E-state index in [1.807, 2.05) is 24.6 Å². The minimum atomic E-state index is -0.365. The number of pyridine rings is 1. The summed E-state index contributed by atoms with van der Waals surface area (Å²) >= 11 is 1.30. The number of benzene rings is 1. The van der Waals surface area contributed by atoms with E-state index in [9.17, 15) is 9.18 Å². The lowest BCUT2D eigenvalue weighted by Gasteiger charge is -2.07. The first-order valence-corrected chi connectivity index (χ1v) is 9.65. The van der Waals surface area contributed by atoms with E-state index in [1.165, 1.54) is 23.5 Å². The summed E-state index contributed by atoms with van der Waals surface area (Å²) in [7, 11) is 1.86. The molecule has 0 radical (unpaired) electrons. The highest BCUT2D eigenvalue weighted by Gasteiger charge is 2.09. The number of nitrogens with zero attached hydrogens (tertiary/aromatic N) is 4. The van der Waals surface area contributed by atoms with Gasteiger partial charge in [0, 0.05) is 48.7 Å². The monoisotopic (exact) mass is 408 g/mol. The van der Waals surface area contributed by atoms with Gasteiger partial charge in [0.25, 0.3) is 0 Å². The van der Waals surface area contributed by atoms with Gasteiger partial charge in [-0.15, -0.1) is 11.3 Å². The molecule has 3 aromatic heterocycles. The molecule has 9 heteroatoms. The number of hydrogen-bond donors (Lipinski definition) is 2. The first-order chi connectivity index (χ1) is 14.1. The second-order valence-corrected chi connectivity index (χ2v) is 7.13. The van der Waals surface area contributed by atoms with E-state index in [0.29, 0.717) is 17.4 Å². The van der Waals surface area contributed by atoms with Gasteiger partial charge in [-0.3, -0.25) is 15.0 Å². The SMILES string of the molecule is Cn1nccc1-c1cncc(CNC(=O)Nc2nc(-c3ccc(F)cc3)cs2)c1. The van der Waals surface area contributed by atoms with E-state index in [-0.39, 0.29) is 11.8 Å². The van der Waals surface area contributed by atoms with Crippen molar-refractivity contribution in [3.63, 3.8) is 0 Å². The molecule has 29 heavy (non-hydrogen) atoms. The van der Waals surface area contributed by atoms with Gasteiger partial charge in [0.2, 0.25) is 0 Å². The van der Waals surface area contributed by atoms with E-state index in [2.05, 4.69) is 25.7 Å². The van der Waals surface area contributed by atoms with Crippen LogP contribution in [0.15, 0.2) is 60.4 Å². The quantitative estimate of drug-likeness (QED) is 0.521. The number of carbonyl (C=O) groups is 1. The summed E-state index contributed by atoms with van der Waals surface area (Å²) < 4.78 is 14.8. The number of anilines is 1. The van der Waals surface area contributed by atoms with Gasteiger partial charge in [0.1, 0.15) is 5.82 Å². The lowest BCUT2D eigenvalue weighted by molar-refractivity contribution is 0.251. The van der Waals surface area contributed by atoms with Crippen LogP contribution in [0.1, 0.15) is 5.56 Å². The van der Waals surface area contributed by atoms with Crippen molar-refractivity contribution in [1.82, 2.24) is 25.1 Å². The number of urea groups is 1. The van der Waals surface area contributed by atoms with Crippen LogP contribution >= 0.6 is 11.3 Å². The summed E-state index contributed by atoms with van der Waals surface area (Å²) in [6.07, 6.45) is 5.19. The number of hydrogen-bond acceptors (Lipinski definition) is 5. The average Bonchev–Trinajstić information content (AvgIpc) is 3.36. The van der Waals surface area contributed by atoms with Crippen LogP contribution in [0.2, 0.25) is 0 Å². The summed E-state index contributed by atoms with van der Waals surface area (Å²) in [6.45, 7) is 0.320. The summed E-state index contributed by atoms with van der Waals surface area (Å²) in [5.41, 5.74) is 4.20. The van der Waals surface area contributed by atoms with Crippen LogP contribution in [0.4, 0.5) is 14.3 Å². The van der Waals surface area contributed by atoms with Crippen LogP contribution in [0.5, 0.6) is 0 Å². The van der Waals surface area contributed by atoms with Gasteiger partial charge in [-0.1, -0.05) is 0 Å². The molecule has 0 bridgehead atoms. The number of aromatic nitrogens is 4. The Morgan fingerprint density at radius 2 is 2.00 bits per heavy atom. The molecule has 0 unspecified atom stereocenters. The predicted molar refractivity (Wildman–Crippen MR) is 110 cm³/mol. The molecule has 0 saturated carbocycles. The molecular weight excluding hydrogens is 391 g/mol. The lowest BCUT2D eigenvalue weighted by Crippen LogP contribution is -2.28. The van der Waals surface area contributed by atoms with E-state index < -0.39 is 0 Å². The lowest BCUT2D eigenvalue weighted by atomic mass is 10.1. The van der Waals surface area contributed by atoms with Crippen molar-refractivity contribution in [3.05, 3.63) is 71.7 Å². The van der Waals surface area contributed by atoms with Crippen LogP contribution < -0.4 is 10.6 Å². The minimum Gasteiger partial charge on any atom is -0.334 e. The maximum Gasteiger partial charge on any atom is 0.321 e. The van der Waals surface area contributed by atoms with Crippen molar-refractivity contribution >= 4 is 22.5 Å². The zero-order chi connectivity index (χ0) is 20.2. The number of rotatable bonds is 5. The van der Waals surface area contributed by atoms with Gasteiger partial charge in [0.15, 0.2) is 5.13 Å². The van der Waals surface area contributed by atoms with Crippen LogP contribution in [0.25, 0.3) is 22.5 Å². The molecule has 4 rings (SSSR count). The fourth-order valence-corrected chi connectivity index (χ4v) is 3.50. The van der Waals surface area contributed by atoms with E-state index in [0.717, 1.165) is 22.4 Å². The van der Waals surface area contributed by atoms with Crippen LogP contribution in [-0.4, -0.2) is 25.8 Å². The molecule has 0 spiro atoms. The Labute approximate surface area is 170 Å². The molecule has 0 aliphatic carbocycles. The third kappa shape index (κ3) is 4.46. The van der Waals surface area contributed by atoms with Crippen molar-refractivity contribution in [2.75, 3.05) is 5.32 Å². The number of nitrogens with one attached hydrogen (secondary N) is 2. The maximum atomic E-state index is 13.0. The van der Waals surface area contributed by atoms with Gasteiger partial charge in [-0.25, -0.2) is 14.2 Å². The smallest absolute Gasteiger partial charge is 0.321 e. The molecule has 2 amide bonds. The van der Waals surface area contributed by atoms with E-state index in [4.69, 9.17) is 0 Å². The molecular formula is C20H17FN6OS. The fraction of sp³-hybridized carbons (Fsp3) is 0.100. The zero-order valence-corrected chi connectivity index (χ0v) is 16.3. The summed E-state index contributed by atoms with van der Waals surface area (Å²) in [5, 5.41) is 11.9. The summed E-state index contributed by atoms with van der Waals surface area (Å²) in [4.78, 5) is 20.8. The molecule has 0 fully saturated rings. The van der Waals surface area contributed by atoms with Gasteiger partial charge >= 0.3 is 6.03 Å². The van der Waals surface area contributed by atoms with E-state index in [1.54, 1.807) is 35.4 Å². The molecule has 0 aliphatic rings. The highest BCUT2D eigenvalue weighted by Crippen LogP contribution is 2.25. The topological polar surface area (TPSA) is 84.7 Å². The first-order valence-electron chi connectivity index (χ1n) is 8.77.